The number of nitrogens with one attached hydrogen (secondary N) is 2. The van der Waals surface area contributed by atoms with E-state index in [0.29, 0.717) is 10.6 Å². The van der Waals surface area contributed by atoms with E-state index in [2.05, 4.69) is 10.6 Å². The normalized spacial score (nSPS) is 19.2. The van der Waals surface area contributed by atoms with E-state index in [4.69, 9.17) is 23.2 Å². The molecule has 0 aliphatic carbocycles. The molecule has 0 saturated carbocycles. The summed E-state index contributed by atoms with van der Waals surface area (Å²) in [7, 11) is 0. The van der Waals surface area contributed by atoms with Crippen molar-refractivity contribution in [3.63, 3.8) is 0 Å². The number of carbonyl (C=O) groups excluding carboxylic acids is 3. The number of benzene rings is 3. The zero-order valence-electron chi connectivity index (χ0n) is 17.5. The average Bonchev–Trinajstić information content (AvgIpc) is 2.99. The van der Waals surface area contributed by atoms with Crippen LogP contribution in [0.15, 0.2) is 60.7 Å². The summed E-state index contributed by atoms with van der Waals surface area (Å²) >= 11 is 12.0. The third kappa shape index (κ3) is 3.92. The van der Waals surface area contributed by atoms with Crippen LogP contribution in [0, 0.1) is 0 Å². The lowest BCUT2D eigenvalue weighted by Gasteiger charge is -2.23. The summed E-state index contributed by atoms with van der Waals surface area (Å²) in [5, 5.41) is 8.26. The molecular formula is C24H21Cl2N3O3. The number of rotatable bonds is 5. The Labute approximate surface area is 195 Å². The highest BCUT2D eigenvalue weighted by molar-refractivity contribution is 6.42. The minimum atomic E-state index is -1.34. The van der Waals surface area contributed by atoms with Crippen molar-refractivity contribution < 1.29 is 14.4 Å². The summed E-state index contributed by atoms with van der Waals surface area (Å²) in [6, 6.07) is 17.5. The predicted octanol–water partition coefficient (Wildman–Crippen LogP) is 4.79. The van der Waals surface area contributed by atoms with Crippen molar-refractivity contribution in [2.75, 3.05) is 6.54 Å². The molecule has 2 atom stereocenters. The summed E-state index contributed by atoms with van der Waals surface area (Å²) in [6.45, 7) is 3.05. The molecule has 2 N–H and O–H groups in total. The van der Waals surface area contributed by atoms with E-state index >= 15 is 0 Å². The monoisotopic (exact) mass is 469 g/mol. The molecule has 0 aromatic heterocycles. The molecule has 6 nitrogen and oxygen atoms in total. The first-order chi connectivity index (χ1) is 15.2. The maximum atomic E-state index is 13.1. The van der Waals surface area contributed by atoms with Gasteiger partial charge in [0.25, 0.3) is 5.91 Å². The maximum absolute atomic E-state index is 13.1. The van der Waals surface area contributed by atoms with E-state index in [0.717, 1.165) is 21.2 Å². The van der Waals surface area contributed by atoms with Gasteiger partial charge in [-0.05, 0) is 47.9 Å². The van der Waals surface area contributed by atoms with E-state index in [9.17, 15) is 14.4 Å². The van der Waals surface area contributed by atoms with Gasteiger partial charge in [0, 0.05) is 0 Å². The fraction of sp³-hybridized carbons (Fsp3) is 0.208. The molecule has 1 saturated heterocycles. The summed E-state index contributed by atoms with van der Waals surface area (Å²) in [5.41, 5.74) is 0.0962. The second-order valence-corrected chi connectivity index (χ2v) is 8.75. The van der Waals surface area contributed by atoms with Crippen LogP contribution in [0.4, 0.5) is 4.79 Å². The Balaban J connectivity index is 1.50. The lowest BCUT2D eigenvalue weighted by atomic mass is 9.92. The van der Waals surface area contributed by atoms with Crippen LogP contribution in [0.1, 0.15) is 31.0 Å². The second-order valence-electron chi connectivity index (χ2n) is 7.93. The molecule has 4 rings (SSSR count). The highest BCUT2D eigenvalue weighted by Crippen LogP contribution is 2.33. The fourth-order valence-corrected chi connectivity index (χ4v) is 4.28. The lowest BCUT2D eigenvalue weighted by Crippen LogP contribution is -2.43. The summed E-state index contributed by atoms with van der Waals surface area (Å²) in [5.74, 6) is -0.971. The first-order valence-corrected chi connectivity index (χ1v) is 10.8. The predicted molar refractivity (Wildman–Crippen MR) is 125 cm³/mol. The van der Waals surface area contributed by atoms with Crippen LogP contribution >= 0.6 is 23.2 Å². The number of amides is 4. The van der Waals surface area contributed by atoms with Gasteiger partial charge in [0.1, 0.15) is 12.1 Å². The van der Waals surface area contributed by atoms with Crippen LogP contribution < -0.4 is 10.6 Å². The molecule has 32 heavy (non-hydrogen) atoms. The molecule has 2 unspecified atom stereocenters. The third-order valence-corrected chi connectivity index (χ3v) is 6.48. The van der Waals surface area contributed by atoms with Gasteiger partial charge in [-0.3, -0.25) is 14.5 Å². The highest BCUT2D eigenvalue weighted by atomic mass is 35.5. The van der Waals surface area contributed by atoms with Crippen molar-refractivity contribution in [1.29, 1.82) is 0 Å². The van der Waals surface area contributed by atoms with Crippen molar-refractivity contribution in [1.82, 2.24) is 15.5 Å². The molecule has 1 aliphatic rings. The number of fused-ring (bicyclic) bond motifs is 1. The van der Waals surface area contributed by atoms with Crippen LogP contribution in [0.5, 0.6) is 0 Å². The van der Waals surface area contributed by atoms with Gasteiger partial charge >= 0.3 is 6.03 Å². The van der Waals surface area contributed by atoms with Gasteiger partial charge in [-0.1, -0.05) is 71.7 Å². The second kappa shape index (κ2) is 8.45. The summed E-state index contributed by atoms with van der Waals surface area (Å²) in [6.07, 6.45) is 0. The lowest BCUT2D eigenvalue weighted by molar-refractivity contribution is -0.135. The number of hydrogen-bond donors (Lipinski definition) is 2. The molecule has 1 aliphatic heterocycles. The van der Waals surface area contributed by atoms with Gasteiger partial charge in [0.05, 0.1) is 16.1 Å². The molecule has 1 fully saturated rings. The average molecular weight is 470 g/mol. The van der Waals surface area contributed by atoms with Crippen molar-refractivity contribution in [2.24, 2.45) is 0 Å². The van der Waals surface area contributed by atoms with Crippen LogP contribution in [0.25, 0.3) is 10.8 Å². The first-order valence-electron chi connectivity index (χ1n) is 10.1. The Bertz CT molecular complexity index is 1240. The Morgan fingerprint density at radius 2 is 1.78 bits per heavy atom. The van der Waals surface area contributed by atoms with Crippen LogP contribution in [-0.4, -0.2) is 29.3 Å². The van der Waals surface area contributed by atoms with Crippen LogP contribution in [-0.2, 0) is 15.1 Å². The standard InChI is InChI=1S/C24H21Cl2N3O3/c1-14(17-9-5-7-15-6-3-4-8-18(15)17)27-21(30)13-29-22(31)24(2,28-23(29)32)16-10-11-19(25)20(26)12-16/h3-12,14H,13H2,1-2H3,(H,27,30)(H,28,32). The van der Waals surface area contributed by atoms with Gasteiger partial charge in [-0.25, -0.2) is 4.79 Å². The molecule has 3 aromatic rings. The topological polar surface area (TPSA) is 78.5 Å². The van der Waals surface area contributed by atoms with Crippen molar-refractivity contribution >= 4 is 51.8 Å². The van der Waals surface area contributed by atoms with Crippen molar-refractivity contribution in [2.45, 2.75) is 25.4 Å². The zero-order valence-corrected chi connectivity index (χ0v) is 19.0. The van der Waals surface area contributed by atoms with Crippen molar-refractivity contribution in [3.8, 4) is 0 Å². The summed E-state index contributed by atoms with van der Waals surface area (Å²) in [4.78, 5) is 39.3. The molecule has 3 aromatic carbocycles. The maximum Gasteiger partial charge on any atom is 0.325 e. The van der Waals surface area contributed by atoms with Gasteiger partial charge in [0.15, 0.2) is 0 Å². The van der Waals surface area contributed by atoms with Gasteiger partial charge in [0.2, 0.25) is 5.91 Å². The van der Waals surface area contributed by atoms with Crippen molar-refractivity contribution in [3.05, 3.63) is 81.8 Å². The molecule has 0 spiro atoms. The molecule has 0 radical (unpaired) electrons. The Hall–Kier alpha value is -3.09. The number of halogens is 2. The quantitative estimate of drug-likeness (QED) is 0.527. The van der Waals surface area contributed by atoms with Gasteiger partial charge in [-0.15, -0.1) is 0 Å². The van der Waals surface area contributed by atoms with Gasteiger partial charge in [-0.2, -0.15) is 0 Å². The SMILES string of the molecule is CC(NC(=O)CN1C(=O)NC(C)(c2ccc(Cl)c(Cl)c2)C1=O)c1cccc2ccccc12. The Morgan fingerprint density at radius 3 is 2.53 bits per heavy atom. The minimum Gasteiger partial charge on any atom is -0.348 e. The van der Waals surface area contributed by atoms with E-state index in [1.54, 1.807) is 19.1 Å². The molecule has 8 heteroatoms. The highest BCUT2D eigenvalue weighted by Gasteiger charge is 2.49. The molecular weight excluding hydrogens is 449 g/mol. The Morgan fingerprint density at radius 1 is 1.06 bits per heavy atom. The van der Waals surface area contributed by atoms with Gasteiger partial charge < -0.3 is 10.6 Å². The molecule has 4 amide bonds. The smallest absolute Gasteiger partial charge is 0.325 e. The zero-order chi connectivity index (χ0) is 23.0. The third-order valence-electron chi connectivity index (χ3n) is 5.74. The minimum absolute atomic E-state index is 0.271. The number of urea groups is 1. The summed E-state index contributed by atoms with van der Waals surface area (Å²) < 4.78 is 0. The van der Waals surface area contributed by atoms with Crippen LogP contribution in [0.2, 0.25) is 10.0 Å². The Kier molecular flexibility index (Phi) is 5.84. The largest absolute Gasteiger partial charge is 0.348 e. The van der Waals surface area contributed by atoms with Crippen LogP contribution in [0.3, 0.4) is 0 Å². The fourth-order valence-electron chi connectivity index (χ4n) is 3.98. The first kappa shape index (κ1) is 22.1. The number of carbonyl (C=O) groups is 3. The number of nitrogens with zero attached hydrogens (tertiary/aromatic N) is 1. The van der Waals surface area contributed by atoms with E-state index < -0.39 is 29.9 Å². The molecule has 1 heterocycles. The molecule has 164 valence electrons. The number of hydrogen-bond acceptors (Lipinski definition) is 3. The number of imide groups is 1. The van der Waals surface area contributed by atoms with E-state index in [-0.39, 0.29) is 11.1 Å². The van der Waals surface area contributed by atoms with E-state index in [1.807, 2.05) is 49.4 Å². The molecule has 0 bridgehead atoms. The van der Waals surface area contributed by atoms with E-state index in [1.165, 1.54) is 6.07 Å².